The lowest BCUT2D eigenvalue weighted by atomic mass is 10.2. The fourth-order valence-corrected chi connectivity index (χ4v) is 2.27. The summed E-state index contributed by atoms with van der Waals surface area (Å²) in [6, 6.07) is 7.32. The van der Waals surface area contributed by atoms with Gasteiger partial charge < -0.3 is 19.3 Å². The Labute approximate surface area is 134 Å². The Hall–Kier alpha value is -1.47. The Morgan fingerprint density at radius 2 is 2.27 bits per heavy atom. The van der Waals surface area contributed by atoms with E-state index in [4.69, 9.17) is 20.9 Å². The van der Waals surface area contributed by atoms with E-state index in [2.05, 4.69) is 10.1 Å². The SMILES string of the molecule is COCC(O)CN(C)CCc1nc(-c2cccc(Cl)c2)no1. The lowest BCUT2D eigenvalue weighted by Gasteiger charge is -2.19. The van der Waals surface area contributed by atoms with E-state index in [0.717, 1.165) is 5.56 Å². The van der Waals surface area contributed by atoms with Gasteiger partial charge in [-0.25, -0.2) is 0 Å². The fourth-order valence-electron chi connectivity index (χ4n) is 2.08. The van der Waals surface area contributed by atoms with Crippen molar-refractivity contribution >= 4 is 11.6 Å². The molecule has 22 heavy (non-hydrogen) atoms. The highest BCUT2D eigenvalue weighted by molar-refractivity contribution is 6.30. The highest BCUT2D eigenvalue weighted by Gasteiger charge is 2.12. The van der Waals surface area contributed by atoms with Crippen molar-refractivity contribution in [1.82, 2.24) is 15.0 Å². The summed E-state index contributed by atoms with van der Waals surface area (Å²) >= 11 is 5.95. The van der Waals surface area contributed by atoms with Crippen LogP contribution in [0.5, 0.6) is 0 Å². The van der Waals surface area contributed by atoms with Crippen LogP contribution < -0.4 is 0 Å². The van der Waals surface area contributed by atoms with E-state index in [9.17, 15) is 5.11 Å². The molecule has 1 atom stereocenters. The van der Waals surface area contributed by atoms with Crippen molar-refractivity contribution in [3.63, 3.8) is 0 Å². The van der Waals surface area contributed by atoms with E-state index >= 15 is 0 Å². The molecule has 0 saturated carbocycles. The maximum absolute atomic E-state index is 9.66. The smallest absolute Gasteiger partial charge is 0.228 e. The van der Waals surface area contributed by atoms with Crippen molar-refractivity contribution in [3.05, 3.63) is 35.2 Å². The van der Waals surface area contributed by atoms with Crippen molar-refractivity contribution in [2.75, 3.05) is 33.9 Å². The zero-order valence-corrected chi connectivity index (χ0v) is 13.5. The number of aliphatic hydroxyl groups is 1. The number of aliphatic hydroxyl groups excluding tert-OH is 1. The van der Waals surface area contributed by atoms with Crippen molar-refractivity contribution < 1.29 is 14.4 Å². The van der Waals surface area contributed by atoms with Gasteiger partial charge in [-0.05, 0) is 19.2 Å². The van der Waals surface area contributed by atoms with Gasteiger partial charge in [0.05, 0.1) is 12.7 Å². The topological polar surface area (TPSA) is 71.6 Å². The van der Waals surface area contributed by atoms with Gasteiger partial charge in [-0.1, -0.05) is 28.9 Å². The monoisotopic (exact) mass is 325 g/mol. The van der Waals surface area contributed by atoms with Crippen molar-refractivity contribution in [1.29, 1.82) is 0 Å². The standard InChI is InChI=1S/C15H20ClN3O3/c1-19(9-13(20)10-21-2)7-6-14-17-15(18-22-14)11-4-3-5-12(16)8-11/h3-5,8,13,20H,6-7,9-10H2,1-2H3. The molecule has 6 nitrogen and oxygen atoms in total. The zero-order valence-electron chi connectivity index (χ0n) is 12.7. The molecular weight excluding hydrogens is 306 g/mol. The average Bonchev–Trinajstić information content (AvgIpc) is 2.94. The molecule has 1 aromatic carbocycles. The van der Waals surface area contributed by atoms with E-state index in [0.29, 0.717) is 42.9 Å². The van der Waals surface area contributed by atoms with Gasteiger partial charge in [-0.15, -0.1) is 0 Å². The summed E-state index contributed by atoms with van der Waals surface area (Å²) in [5, 5.41) is 14.3. The molecule has 0 radical (unpaired) electrons. The summed E-state index contributed by atoms with van der Waals surface area (Å²) in [6.45, 7) is 1.56. The van der Waals surface area contributed by atoms with Crippen LogP contribution in [0.3, 0.4) is 0 Å². The molecule has 120 valence electrons. The molecule has 0 bridgehead atoms. The van der Waals surface area contributed by atoms with Crippen LogP contribution in [-0.4, -0.2) is 60.1 Å². The number of benzene rings is 1. The number of hydrogen-bond acceptors (Lipinski definition) is 6. The second kappa shape index (κ2) is 8.24. The molecule has 1 N–H and O–H groups in total. The summed E-state index contributed by atoms with van der Waals surface area (Å²) < 4.78 is 10.1. The zero-order chi connectivity index (χ0) is 15.9. The highest BCUT2D eigenvalue weighted by Crippen LogP contribution is 2.19. The average molecular weight is 326 g/mol. The summed E-state index contributed by atoms with van der Waals surface area (Å²) in [5.41, 5.74) is 0.825. The first-order valence-corrected chi connectivity index (χ1v) is 7.40. The molecule has 0 fully saturated rings. The molecule has 0 saturated heterocycles. The molecule has 0 aliphatic heterocycles. The number of nitrogens with zero attached hydrogens (tertiary/aromatic N) is 3. The first-order valence-electron chi connectivity index (χ1n) is 7.02. The number of methoxy groups -OCH3 is 1. The van der Waals surface area contributed by atoms with Crippen LogP contribution in [0, 0.1) is 0 Å². The summed E-state index contributed by atoms with van der Waals surface area (Å²) in [6.07, 6.45) is 0.115. The van der Waals surface area contributed by atoms with Gasteiger partial charge in [0.2, 0.25) is 11.7 Å². The molecule has 2 aromatic rings. The third-order valence-electron chi connectivity index (χ3n) is 3.14. The van der Waals surface area contributed by atoms with Crippen molar-refractivity contribution in [2.45, 2.75) is 12.5 Å². The Balaban J connectivity index is 1.87. The van der Waals surface area contributed by atoms with Crippen molar-refractivity contribution in [2.24, 2.45) is 0 Å². The van der Waals surface area contributed by atoms with Gasteiger partial charge in [0.1, 0.15) is 0 Å². The highest BCUT2D eigenvalue weighted by atomic mass is 35.5. The predicted octanol–water partition coefficient (Wildman–Crippen LogP) is 1.87. The lowest BCUT2D eigenvalue weighted by Crippen LogP contribution is -2.33. The van der Waals surface area contributed by atoms with E-state index < -0.39 is 6.10 Å². The van der Waals surface area contributed by atoms with E-state index in [-0.39, 0.29) is 0 Å². The number of hydrogen-bond donors (Lipinski definition) is 1. The second-order valence-electron chi connectivity index (χ2n) is 5.14. The Kier molecular flexibility index (Phi) is 6.33. The fraction of sp³-hybridized carbons (Fsp3) is 0.467. The van der Waals surface area contributed by atoms with Gasteiger partial charge in [0, 0.05) is 37.2 Å². The summed E-state index contributed by atoms with van der Waals surface area (Å²) in [7, 11) is 3.49. The number of rotatable bonds is 8. The molecule has 7 heteroatoms. The maximum Gasteiger partial charge on any atom is 0.228 e. The molecule has 2 rings (SSSR count). The lowest BCUT2D eigenvalue weighted by molar-refractivity contribution is 0.0432. The van der Waals surface area contributed by atoms with E-state index in [1.165, 1.54) is 0 Å². The Bertz CT molecular complexity index is 591. The quantitative estimate of drug-likeness (QED) is 0.799. The minimum absolute atomic E-state index is 0.323. The minimum Gasteiger partial charge on any atom is -0.389 e. The molecule has 0 aliphatic carbocycles. The molecule has 1 aromatic heterocycles. The van der Waals surface area contributed by atoms with Gasteiger partial charge in [-0.2, -0.15) is 4.98 Å². The first-order chi connectivity index (χ1) is 10.6. The molecule has 0 spiro atoms. The van der Waals surface area contributed by atoms with Crippen LogP contribution in [0.2, 0.25) is 5.02 Å². The summed E-state index contributed by atoms with van der Waals surface area (Å²) in [4.78, 5) is 6.35. The van der Waals surface area contributed by atoms with Crippen LogP contribution >= 0.6 is 11.6 Å². The molecule has 0 aliphatic rings. The predicted molar refractivity (Wildman–Crippen MR) is 83.8 cm³/mol. The van der Waals surface area contributed by atoms with Gasteiger partial charge in [0.25, 0.3) is 0 Å². The normalized spacial score (nSPS) is 12.8. The maximum atomic E-state index is 9.66. The largest absolute Gasteiger partial charge is 0.389 e. The molecular formula is C15H20ClN3O3. The van der Waals surface area contributed by atoms with Crippen LogP contribution in [0.4, 0.5) is 0 Å². The third-order valence-corrected chi connectivity index (χ3v) is 3.37. The van der Waals surface area contributed by atoms with Crippen LogP contribution in [0.15, 0.2) is 28.8 Å². The van der Waals surface area contributed by atoms with Crippen LogP contribution in [-0.2, 0) is 11.2 Å². The number of ether oxygens (including phenoxy) is 1. The first kappa shape index (κ1) is 16.9. The van der Waals surface area contributed by atoms with Crippen LogP contribution in [0.25, 0.3) is 11.4 Å². The third kappa shape index (κ3) is 5.06. The molecule has 1 heterocycles. The van der Waals surface area contributed by atoms with E-state index in [1.54, 1.807) is 19.2 Å². The van der Waals surface area contributed by atoms with Gasteiger partial charge in [-0.3, -0.25) is 0 Å². The Morgan fingerprint density at radius 3 is 3.00 bits per heavy atom. The second-order valence-corrected chi connectivity index (χ2v) is 5.58. The number of halogens is 1. The van der Waals surface area contributed by atoms with Gasteiger partial charge >= 0.3 is 0 Å². The summed E-state index contributed by atoms with van der Waals surface area (Å²) in [5.74, 6) is 1.09. The van der Waals surface area contributed by atoms with Crippen LogP contribution in [0.1, 0.15) is 5.89 Å². The molecule has 0 amide bonds. The molecule has 1 unspecified atom stereocenters. The minimum atomic E-state index is -0.500. The number of aromatic nitrogens is 2. The van der Waals surface area contributed by atoms with E-state index in [1.807, 2.05) is 24.1 Å². The van der Waals surface area contributed by atoms with Crippen molar-refractivity contribution in [3.8, 4) is 11.4 Å². The van der Waals surface area contributed by atoms with Gasteiger partial charge in [0.15, 0.2) is 0 Å². The number of likely N-dealkylation sites (N-methyl/N-ethyl adjacent to an activating group) is 1. The Morgan fingerprint density at radius 1 is 1.45 bits per heavy atom.